The summed E-state index contributed by atoms with van der Waals surface area (Å²) in [5, 5.41) is 9.12. The monoisotopic (exact) mass is 269 g/mol. The van der Waals surface area contributed by atoms with Crippen LogP contribution in [0.1, 0.15) is 31.2 Å². The molecule has 0 radical (unpaired) electrons. The minimum atomic E-state index is -0.796. The van der Waals surface area contributed by atoms with Gasteiger partial charge in [-0.05, 0) is 56.3 Å². The quantitative estimate of drug-likeness (QED) is 0.908. The lowest BCUT2D eigenvalue weighted by atomic mass is 9.86. The minimum absolute atomic E-state index is 0.277. The molecule has 0 aromatic heterocycles. The minimum Gasteiger partial charge on any atom is -0.396 e. The van der Waals surface area contributed by atoms with Crippen molar-refractivity contribution in [2.75, 3.05) is 13.7 Å². The van der Waals surface area contributed by atoms with E-state index in [4.69, 9.17) is 5.11 Å². The van der Waals surface area contributed by atoms with Gasteiger partial charge in [0.05, 0.1) is 0 Å². The van der Waals surface area contributed by atoms with Crippen LogP contribution in [-0.4, -0.2) is 29.7 Å². The zero-order chi connectivity index (χ0) is 13.8. The van der Waals surface area contributed by atoms with Crippen molar-refractivity contribution in [3.63, 3.8) is 0 Å². The van der Waals surface area contributed by atoms with Crippen molar-refractivity contribution in [2.45, 2.75) is 38.3 Å². The highest BCUT2D eigenvalue weighted by molar-refractivity contribution is 5.17. The molecule has 0 amide bonds. The molecular weight excluding hydrogens is 248 g/mol. The highest BCUT2D eigenvalue weighted by atomic mass is 19.2. The van der Waals surface area contributed by atoms with E-state index in [2.05, 4.69) is 4.90 Å². The van der Waals surface area contributed by atoms with Crippen molar-refractivity contribution in [3.05, 3.63) is 35.4 Å². The number of hydrogen-bond acceptors (Lipinski definition) is 2. The predicted octanol–water partition coefficient (Wildman–Crippen LogP) is 2.95. The standard InChI is InChI=1S/C15H21F2NO/c1-18(13-5-2-11(10-19)3-6-13)9-12-4-7-14(16)15(17)8-12/h4,7-8,11,13,19H,2-3,5-6,9-10H2,1H3. The lowest BCUT2D eigenvalue weighted by Crippen LogP contribution is -2.35. The van der Waals surface area contributed by atoms with Crippen LogP contribution in [0.5, 0.6) is 0 Å². The van der Waals surface area contributed by atoms with Crippen LogP contribution in [0.3, 0.4) is 0 Å². The summed E-state index contributed by atoms with van der Waals surface area (Å²) in [5.74, 6) is -1.14. The second kappa shape index (κ2) is 6.44. The van der Waals surface area contributed by atoms with E-state index >= 15 is 0 Å². The lowest BCUT2D eigenvalue weighted by molar-refractivity contribution is 0.124. The molecule has 0 heterocycles. The maximum absolute atomic E-state index is 13.1. The van der Waals surface area contributed by atoms with E-state index in [1.807, 2.05) is 7.05 Å². The molecule has 1 aliphatic rings. The second-order valence-electron chi connectivity index (χ2n) is 5.52. The highest BCUT2D eigenvalue weighted by Gasteiger charge is 2.23. The van der Waals surface area contributed by atoms with Gasteiger partial charge >= 0.3 is 0 Å². The van der Waals surface area contributed by atoms with Crippen LogP contribution >= 0.6 is 0 Å². The number of aliphatic hydroxyl groups excluding tert-OH is 1. The Morgan fingerprint density at radius 1 is 1.16 bits per heavy atom. The number of halogens is 2. The second-order valence-corrected chi connectivity index (χ2v) is 5.52. The average molecular weight is 269 g/mol. The summed E-state index contributed by atoms with van der Waals surface area (Å²) in [6.45, 7) is 0.908. The first-order valence-corrected chi connectivity index (χ1v) is 6.85. The Morgan fingerprint density at radius 3 is 2.42 bits per heavy atom. The van der Waals surface area contributed by atoms with Gasteiger partial charge in [-0.25, -0.2) is 8.78 Å². The molecule has 0 saturated heterocycles. The van der Waals surface area contributed by atoms with Gasteiger partial charge in [0.15, 0.2) is 11.6 Å². The molecular formula is C15H21F2NO. The summed E-state index contributed by atoms with van der Waals surface area (Å²) in [6.07, 6.45) is 4.21. The first-order valence-electron chi connectivity index (χ1n) is 6.85. The van der Waals surface area contributed by atoms with Crippen LogP contribution in [-0.2, 0) is 6.54 Å². The van der Waals surface area contributed by atoms with Crippen LogP contribution in [0.2, 0.25) is 0 Å². The molecule has 1 aromatic carbocycles. The Kier molecular flexibility index (Phi) is 4.88. The first kappa shape index (κ1) is 14.4. The number of benzene rings is 1. The van der Waals surface area contributed by atoms with Crippen LogP contribution in [0.4, 0.5) is 8.78 Å². The normalized spacial score (nSPS) is 23.8. The summed E-state index contributed by atoms with van der Waals surface area (Å²) in [4.78, 5) is 2.19. The molecule has 0 aliphatic heterocycles. The fraction of sp³-hybridized carbons (Fsp3) is 0.600. The van der Waals surface area contributed by atoms with Gasteiger partial charge in [0.1, 0.15) is 0 Å². The molecule has 1 saturated carbocycles. The fourth-order valence-electron chi connectivity index (χ4n) is 2.82. The molecule has 106 valence electrons. The molecule has 2 nitrogen and oxygen atoms in total. The van der Waals surface area contributed by atoms with Crippen molar-refractivity contribution in [2.24, 2.45) is 5.92 Å². The molecule has 4 heteroatoms. The molecule has 1 aromatic rings. The fourth-order valence-corrected chi connectivity index (χ4v) is 2.82. The maximum Gasteiger partial charge on any atom is 0.159 e. The smallest absolute Gasteiger partial charge is 0.159 e. The molecule has 0 bridgehead atoms. The Morgan fingerprint density at radius 2 is 1.84 bits per heavy atom. The zero-order valence-corrected chi connectivity index (χ0v) is 11.3. The van der Waals surface area contributed by atoms with Crippen molar-refractivity contribution in [1.29, 1.82) is 0 Å². The molecule has 0 atom stereocenters. The number of rotatable bonds is 4. The Bertz CT molecular complexity index is 417. The van der Waals surface area contributed by atoms with E-state index in [9.17, 15) is 8.78 Å². The Hall–Kier alpha value is -1.00. The maximum atomic E-state index is 13.1. The van der Waals surface area contributed by atoms with Crippen molar-refractivity contribution in [1.82, 2.24) is 4.90 Å². The molecule has 1 aliphatic carbocycles. The van der Waals surface area contributed by atoms with E-state index in [1.54, 1.807) is 6.07 Å². The lowest BCUT2D eigenvalue weighted by Gasteiger charge is -2.34. The molecule has 2 rings (SSSR count). The van der Waals surface area contributed by atoms with Crippen molar-refractivity contribution in [3.8, 4) is 0 Å². The van der Waals surface area contributed by atoms with Gasteiger partial charge in [-0.2, -0.15) is 0 Å². The molecule has 19 heavy (non-hydrogen) atoms. The van der Waals surface area contributed by atoms with Gasteiger partial charge in [-0.15, -0.1) is 0 Å². The van der Waals surface area contributed by atoms with Gasteiger partial charge in [0.25, 0.3) is 0 Å². The topological polar surface area (TPSA) is 23.5 Å². The van der Waals surface area contributed by atoms with Crippen LogP contribution in [0.25, 0.3) is 0 Å². The first-order chi connectivity index (χ1) is 9.10. The third-order valence-corrected chi connectivity index (χ3v) is 4.11. The summed E-state index contributed by atoms with van der Waals surface area (Å²) in [6, 6.07) is 4.55. The van der Waals surface area contributed by atoms with Crippen molar-refractivity contribution >= 4 is 0 Å². The van der Waals surface area contributed by atoms with E-state index in [-0.39, 0.29) is 6.61 Å². The summed E-state index contributed by atoms with van der Waals surface area (Å²) in [5.41, 5.74) is 0.797. The van der Waals surface area contributed by atoms with E-state index in [0.717, 1.165) is 31.2 Å². The predicted molar refractivity (Wildman–Crippen MR) is 70.7 cm³/mol. The highest BCUT2D eigenvalue weighted by Crippen LogP contribution is 2.27. The van der Waals surface area contributed by atoms with E-state index in [0.29, 0.717) is 18.5 Å². The largest absolute Gasteiger partial charge is 0.396 e. The van der Waals surface area contributed by atoms with Gasteiger partial charge < -0.3 is 5.11 Å². The molecule has 1 fully saturated rings. The summed E-state index contributed by atoms with van der Waals surface area (Å²) in [7, 11) is 2.02. The SMILES string of the molecule is CN(Cc1ccc(F)c(F)c1)C1CCC(CO)CC1. The third-order valence-electron chi connectivity index (χ3n) is 4.11. The van der Waals surface area contributed by atoms with Crippen molar-refractivity contribution < 1.29 is 13.9 Å². The van der Waals surface area contributed by atoms with Crippen LogP contribution < -0.4 is 0 Å². The third kappa shape index (κ3) is 3.74. The zero-order valence-electron chi connectivity index (χ0n) is 11.3. The van der Waals surface area contributed by atoms with Crippen LogP contribution in [0.15, 0.2) is 18.2 Å². The number of aliphatic hydroxyl groups is 1. The van der Waals surface area contributed by atoms with E-state index in [1.165, 1.54) is 12.1 Å². The Labute approximate surface area is 113 Å². The average Bonchev–Trinajstić information content (AvgIpc) is 2.43. The molecule has 0 unspecified atom stereocenters. The van der Waals surface area contributed by atoms with Gasteiger partial charge in [-0.1, -0.05) is 6.07 Å². The van der Waals surface area contributed by atoms with Gasteiger partial charge in [0.2, 0.25) is 0 Å². The Balaban J connectivity index is 1.90. The molecule has 0 spiro atoms. The molecule has 1 N–H and O–H groups in total. The van der Waals surface area contributed by atoms with E-state index < -0.39 is 11.6 Å². The number of hydrogen-bond donors (Lipinski definition) is 1. The number of nitrogens with zero attached hydrogens (tertiary/aromatic N) is 1. The van der Waals surface area contributed by atoms with Gasteiger partial charge in [0, 0.05) is 19.2 Å². The summed E-state index contributed by atoms with van der Waals surface area (Å²) < 4.78 is 26.0. The van der Waals surface area contributed by atoms with Gasteiger partial charge in [-0.3, -0.25) is 4.90 Å². The van der Waals surface area contributed by atoms with Crippen LogP contribution in [0, 0.1) is 17.6 Å². The summed E-state index contributed by atoms with van der Waals surface area (Å²) >= 11 is 0.